The third-order valence-corrected chi connectivity index (χ3v) is 3.37. The number of aromatic nitrogens is 1. The third kappa shape index (κ3) is 5.26. The maximum atomic E-state index is 3.53. The van der Waals surface area contributed by atoms with Crippen molar-refractivity contribution in [3.8, 4) is 0 Å². The van der Waals surface area contributed by atoms with E-state index >= 15 is 0 Å². The lowest BCUT2D eigenvalue weighted by atomic mass is 9.99. The molecule has 1 N–H and O–H groups in total. The minimum Gasteiger partial charge on any atom is -0.354 e. The van der Waals surface area contributed by atoms with Gasteiger partial charge in [0.05, 0.1) is 0 Å². The Morgan fingerprint density at radius 2 is 1.94 bits per heavy atom. The Hall–Kier alpha value is -0.760. The smallest absolute Gasteiger partial charge is 0.0306 e. The van der Waals surface area contributed by atoms with Crippen LogP contribution in [0.4, 0.5) is 0 Å². The Bertz CT molecular complexity index is 328. The number of nitrogens with zero attached hydrogens (tertiary/aromatic N) is 1. The molecule has 0 radical (unpaired) electrons. The van der Waals surface area contributed by atoms with Gasteiger partial charge in [0.2, 0.25) is 0 Å². The van der Waals surface area contributed by atoms with Gasteiger partial charge in [-0.15, -0.1) is 0 Å². The van der Waals surface area contributed by atoms with E-state index in [-0.39, 0.29) is 0 Å². The van der Waals surface area contributed by atoms with Crippen LogP contribution in [0.1, 0.15) is 59.1 Å². The molecular formula is C16H30N2. The molecule has 2 heteroatoms. The zero-order valence-corrected chi connectivity index (χ0v) is 12.7. The van der Waals surface area contributed by atoms with Crippen molar-refractivity contribution in [3.05, 3.63) is 24.0 Å². The van der Waals surface area contributed by atoms with Gasteiger partial charge in [-0.3, -0.25) is 0 Å². The second kappa shape index (κ2) is 7.63. The number of hydrogen-bond donors (Lipinski definition) is 1. The van der Waals surface area contributed by atoms with Crippen molar-refractivity contribution >= 4 is 0 Å². The minimum atomic E-state index is 0.464. The first kappa shape index (κ1) is 15.3. The summed E-state index contributed by atoms with van der Waals surface area (Å²) >= 11 is 0. The second-order valence-corrected chi connectivity index (χ2v) is 6.05. The summed E-state index contributed by atoms with van der Waals surface area (Å²) in [6.07, 6.45) is 7.01. The molecule has 0 aliphatic heterocycles. The maximum absolute atomic E-state index is 3.53. The molecule has 2 nitrogen and oxygen atoms in total. The zero-order chi connectivity index (χ0) is 13.5. The Kier molecular flexibility index (Phi) is 6.48. The van der Waals surface area contributed by atoms with Crippen LogP contribution in [0.5, 0.6) is 0 Å². The first-order chi connectivity index (χ1) is 8.52. The van der Waals surface area contributed by atoms with E-state index in [9.17, 15) is 0 Å². The van der Waals surface area contributed by atoms with E-state index in [0.717, 1.165) is 24.9 Å². The van der Waals surface area contributed by atoms with Crippen LogP contribution in [0.15, 0.2) is 18.5 Å². The highest BCUT2D eigenvalue weighted by molar-refractivity contribution is 5.14. The molecule has 0 spiro atoms. The maximum Gasteiger partial charge on any atom is 0.0306 e. The highest BCUT2D eigenvalue weighted by Gasteiger charge is 2.09. The van der Waals surface area contributed by atoms with Crippen molar-refractivity contribution in [2.45, 2.75) is 60.0 Å². The predicted octanol–water partition coefficient (Wildman–Crippen LogP) is 4.23. The fourth-order valence-corrected chi connectivity index (χ4v) is 2.55. The molecule has 1 rings (SSSR count). The van der Waals surface area contributed by atoms with Gasteiger partial charge >= 0.3 is 0 Å². The van der Waals surface area contributed by atoms with Crippen LogP contribution in [-0.2, 0) is 6.54 Å². The Labute approximate surface area is 113 Å². The lowest BCUT2D eigenvalue weighted by Gasteiger charge is -2.15. The van der Waals surface area contributed by atoms with Crippen molar-refractivity contribution in [1.29, 1.82) is 0 Å². The fraction of sp³-hybridized carbons (Fsp3) is 0.750. The van der Waals surface area contributed by atoms with Gasteiger partial charge in [-0.25, -0.2) is 0 Å². The van der Waals surface area contributed by atoms with Gasteiger partial charge in [0.1, 0.15) is 0 Å². The SMILES string of the molecule is CCCNC(C)c1ccn(CC(C)CC(C)C)c1. The van der Waals surface area contributed by atoms with Crippen LogP contribution in [0.2, 0.25) is 0 Å². The molecule has 0 bridgehead atoms. The first-order valence-corrected chi connectivity index (χ1v) is 7.42. The first-order valence-electron chi connectivity index (χ1n) is 7.42. The molecule has 104 valence electrons. The summed E-state index contributed by atoms with van der Waals surface area (Å²) in [5.41, 5.74) is 1.40. The summed E-state index contributed by atoms with van der Waals surface area (Å²) in [4.78, 5) is 0. The summed E-state index contributed by atoms with van der Waals surface area (Å²) in [5.74, 6) is 1.55. The molecule has 1 heterocycles. The molecule has 0 saturated carbocycles. The van der Waals surface area contributed by atoms with Gasteiger partial charge in [0.25, 0.3) is 0 Å². The van der Waals surface area contributed by atoms with Gasteiger partial charge in [-0.1, -0.05) is 27.7 Å². The lowest BCUT2D eigenvalue weighted by Crippen LogP contribution is -2.18. The molecule has 0 aromatic carbocycles. The van der Waals surface area contributed by atoms with E-state index in [1.54, 1.807) is 0 Å². The molecular weight excluding hydrogens is 220 g/mol. The fourth-order valence-electron chi connectivity index (χ4n) is 2.55. The summed E-state index contributed by atoms with van der Waals surface area (Å²) in [7, 11) is 0. The largest absolute Gasteiger partial charge is 0.354 e. The third-order valence-electron chi connectivity index (χ3n) is 3.37. The summed E-state index contributed by atoms with van der Waals surface area (Å²) in [5, 5.41) is 3.53. The van der Waals surface area contributed by atoms with E-state index in [1.807, 2.05) is 0 Å². The number of hydrogen-bond acceptors (Lipinski definition) is 1. The average Bonchev–Trinajstić information content (AvgIpc) is 2.73. The monoisotopic (exact) mass is 250 g/mol. The quantitative estimate of drug-likeness (QED) is 0.730. The van der Waals surface area contributed by atoms with Crippen LogP contribution >= 0.6 is 0 Å². The van der Waals surface area contributed by atoms with Crippen molar-refractivity contribution in [3.63, 3.8) is 0 Å². The minimum absolute atomic E-state index is 0.464. The molecule has 0 fully saturated rings. The standard InChI is InChI=1S/C16H30N2/c1-6-8-17-15(5)16-7-9-18(12-16)11-14(4)10-13(2)3/h7,9,12-15,17H,6,8,10-11H2,1-5H3. The van der Waals surface area contributed by atoms with Crippen molar-refractivity contribution < 1.29 is 0 Å². The highest BCUT2D eigenvalue weighted by Crippen LogP contribution is 2.17. The van der Waals surface area contributed by atoms with E-state index in [4.69, 9.17) is 0 Å². The molecule has 18 heavy (non-hydrogen) atoms. The number of nitrogens with one attached hydrogen (secondary N) is 1. The molecule has 0 aliphatic rings. The van der Waals surface area contributed by atoms with Gasteiger partial charge in [-0.2, -0.15) is 0 Å². The lowest BCUT2D eigenvalue weighted by molar-refractivity contribution is 0.389. The molecule has 0 aliphatic carbocycles. The average molecular weight is 250 g/mol. The van der Waals surface area contributed by atoms with Crippen molar-refractivity contribution in [2.24, 2.45) is 11.8 Å². The van der Waals surface area contributed by atoms with Gasteiger partial charge in [-0.05, 0) is 49.8 Å². The summed E-state index contributed by atoms with van der Waals surface area (Å²) in [6.45, 7) is 13.6. The Balaban J connectivity index is 2.47. The van der Waals surface area contributed by atoms with Crippen LogP contribution in [-0.4, -0.2) is 11.1 Å². The predicted molar refractivity (Wildman–Crippen MR) is 79.8 cm³/mol. The molecule has 1 aromatic heterocycles. The molecule has 0 amide bonds. The second-order valence-electron chi connectivity index (χ2n) is 6.05. The van der Waals surface area contributed by atoms with E-state index in [1.165, 1.54) is 18.4 Å². The molecule has 0 saturated heterocycles. The van der Waals surface area contributed by atoms with Crippen LogP contribution < -0.4 is 5.32 Å². The molecule has 2 atom stereocenters. The van der Waals surface area contributed by atoms with Crippen LogP contribution in [0.3, 0.4) is 0 Å². The topological polar surface area (TPSA) is 17.0 Å². The van der Waals surface area contributed by atoms with Crippen molar-refractivity contribution in [2.75, 3.05) is 6.54 Å². The van der Waals surface area contributed by atoms with Gasteiger partial charge in [0, 0.05) is 25.0 Å². The van der Waals surface area contributed by atoms with E-state index in [2.05, 4.69) is 63.0 Å². The summed E-state index contributed by atoms with van der Waals surface area (Å²) in [6, 6.07) is 2.71. The highest BCUT2D eigenvalue weighted by atomic mass is 15.0. The molecule has 2 unspecified atom stereocenters. The Morgan fingerprint density at radius 3 is 2.56 bits per heavy atom. The van der Waals surface area contributed by atoms with E-state index in [0.29, 0.717) is 6.04 Å². The van der Waals surface area contributed by atoms with Gasteiger partial charge in [0.15, 0.2) is 0 Å². The van der Waals surface area contributed by atoms with Crippen LogP contribution in [0, 0.1) is 11.8 Å². The zero-order valence-electron chi connectivity index (χ0n) is 12.7. The van der Waals surface area contributed by atoms with Crippen molar-refractivity contribution in [1.82, 2.24) is 9.88 Å². The normalized spacial score (nSPS) is 15.0. The van der Waals surface area contributed by atoms with Gasteiger partial charge < -0.3 is 9.88 Å². The Morgan fingerprint density at radius 1 is 1.22 bits per heavy atom. The van der Waals surface area contributed by atoms with Crippen LogP contribution in [0.25, 0.3) is 0 Å². The summed E-state index contributed by atoms with van der Waals surface area (Å²) < 4.78 is 2.34. The number of rotatable bonds is 8. The van der Waals surface area contributed by atoms with E-state index < -0.39 is 0 Å². The molecule has 1 aromatic rings.